The average molecular weight is 346 g/mol. The number of sulfone groups is 1. The fourth-order valence-corrected chi connectivity index (χ4v) is 5.86. The van der Waals surface area contributed by atoms with E-state index in [2.05, 4.69) is 0 Å². The van der Waals surface area contributed by atoms with Crippen LogP contribution in [0.2, 0.25) is 0 Å². The van der Waals surface area contributed by atoms with Crippen LogP contribution in [0.4, 0.5) is 0 Å². The molecule has 126 valence electrons. The molecule has 1 N–H and O–H groups in total. The second-order valence-electron chi connectivity index (χ2n) is 5.95. The van der Waals surface area contributed by atoms with Crippen molar-refractivity contribution in [3.63, 3.8) is 0 Å². The van der Waals surface area contributed by atoms with Crippen molar-refractivity contribution in [1.82, 2.24) is 0 Å². The van der Waals surface area contributed by atoms with Crippen LogP contribution in [0.3, 0.4) is 0 Å². The summed E-state index contributed by atoms with van der Waals surface area (Å²) in [5, 5.41) is 8.75. The lowest BCUT2D eigenvalue weighted by Crippen LogP contribution is -2.28. The van der Waals surface area contributed by atoms with E-state index < -0.39 is 32.4 Å². The molecular weight excluding hydrogens is 328 g/mol. The van der Waals surface area contributed by atoms with Gasteiger partial charge in [-0.05, 0) is 17.7 Å². The Morgan fingerprint density at radius 3 is 2.12 bits per heavy atom. The number of rotatable bonds is 6. The molecule has 0 saturated heterocycles. The maximum Gasteiger partial charge on any atom is 0.314 e. The van der Waals surface area contributed by atoms with E-state index >= 15 is 0 Å². The molecule has 2 aromatic carbocycles. The molecule has 0 spiro atoms. The SMILES string of the molecule is COC[C@]1(C(=O)O)[C@H](c2ccccc2)[C@@H]1S(=O)(=O)c1ccccc1. The van der Waals surface area contributed by atoms with Crippen LogP contribution in [0.15, 0.2) is 65.6 Å². The molecule has 3 rings (SSSR count). The lowest BCUT2D eigenvalue weighted by molar-refractivity contribution is -0.145. The maximum atomic E-state index is 13.1. The van der Waals surface area contributed by atoms with E-state index in [0.29, 0.717) is 5.56 Å². The van der Waals surface area contributed by atoms with Crippen molar-refractivity contribution >= 4 is 15.8 Å². The number of methoxy groups -OCH3 is 1. The van der Waals surface area contributed by atoms with E-state index in [1.54, 1.807) is 42.5 Å². The second kappa shape index (κ2) is 6.03. The molecule has 24 heavy (non-hydrogen) atoms. The predicted molar refractivity (Wildman–Crippen MR) is 88.5 cm³/mol. The van der Waals surface area contributed by atoms with E-state index in [9.17, 15) is 18.3 Å². The monoisotopic (exact) mass is 346 g/mol. The molecule has 5 nitrogen and oxygen atoms in total. The molecule has 0 amide bonds. The van der Waals surface area contributed by atoms with Crippen molar-refractivity contribution in [3.8, 4) is 0 Å². The minimum atomic E-state index is -3.80. The van der Waals surface area contributed by atoms with Crippen LogP contribution in [0.5, 0.6) is 0 Å². The summed E-state index contributed by atoms with van der Waals surface area (Å²) in [7, 11) is -2.41. The second-order valence-corrected chi connectivity index (χ2v) is 8.01. The van der Waals surface area contributed by atoms with Crippen molar-refractivity contribution in [2.24, 2.45) is 5.41 Å². The van der Waals surface area contributed by atoms with Gasteiger partial charge in [0.05, 0.1) is 16.8 Å². The van der Waals surface area contributed by atoms with E-state index in [0.717, 1.165) is 0 Å². The molecule has 3 atom stereocenters. The molecule has 1 fully saturated rings. The zero-order valence-electron chi connectivity index (χ0n) is 13.1. The van der Waals surface area contributed by atoms with Gasteiger partial charge in [0, 0.05) is 13.0 Å². The van der Waals surface area contributed by atoms with Gasteiger partial charge >= 0.3 is 5.97 Å². The van der Waals surface area contributed by atoms with Crippen LogP contribution >= 0.6 is 0 Å². The Hall–Kier alpha value is -2.18. The summed E-state index contributed by atoms with van der Waals surface area (Å²) in [6.07, 6.45) is 0. The topological polar surface area (TPSA) is 80.7 Å². The Morgan fingerprint density at radius 1 is 1.08 bits per heavy atom. The summed E-state index contributed by atoms with van der Waals surface area (Å²) in [4.78, 5) is 12.1. The Bertz CT molecular complexity index is 832. The lowest BCUT2D eigenvalue weighted by Gasteiger charge is -2.12. The molecule has 0 heterocycles. The van der Waals surface area contributed by atoms with Crippen LogP contribution in [-0.2, 0) is 19.4 Å². The number of hydrogen-bond acceptors (Lipinski definition) is 4. The average Bonchev–Trinajstić information content (AvgIpc) is 3.28. The van der Waals surface area contributed by atoms with Gasteiger partial charge in [-0.3, -0.25) is 4.79 Å². The standard InChI is InChI=1S/C18H18O5S/c1-23-12-18(17(19)20)15(13-8-4-2-5-9-13)16(18)24(21,22)14-10-6-3-7-11-14/h2-11,15-16H,12H2,1H3,(H,19,20)/t15-,16+,18+/m1/s1. The summed E-state index contributed by atoms with van der Waals surface area (Å²) >= 11 is 0. The molecule has 2 aromatic rings. The van der Waals surface area contributed by atoms with Crippen LogP contribution in [0.1, 0.15) is 11.5 Å². The van der Waals surface area contributed by atoms with Crippen LogP contribution in [0, 0.1) is 5.41 Å². The molecular formula is C18H18O5S. The number of carboxylic acids is 1. The van der Waals surface area contributed by atoms with Crippen LogP contribution < -0.4 is 0 Å². The third-order valence-electron chi connectivity index (χ3n) is 4.60. The van der Waals surface area contributed by atoms with Crippen LogP contribution in [0.25, 0.3) is 0 Å². The van der Waals surface area contributed by atoms with Crippen LogP contribution in [-0.4, -0.2) is 38.5 Å². The van der Waals surface area contributed by atoms with E-state index in [1.165, 1.54) is 19.2 Å². The number of carbonyl (C=O) groups is 1. The Balaban J connectivity index is 2.12. The van der Waals surface area contributed by atoms with Crippen molar-refractivity contribution < 1.29 is 23.1 Å². The molecule has 1 aliphatic carbocycles. The van der Waals surface area contributed by atoms with E-state index in [1.807, 2.05) is 6.07 Å². The van der Waals surface area contributed by atoms with Crippen molar-refractivity contribution in [2.75, 3.05) is 13.7 Å². The quantitative estimate of drug-likeness (QED) is 0.868. The first-order valence-corrected chi connectivity index (χ1v) is 9.07. The molecule has 1 aliphatic rings. The summed E-state index contributed by atoms with van der Waals surface area (Å²) in [6.45, 7) is -0.154. The normalized spacial score (nSPS) is 26.0. The summed E-state index contributed by atoms with van der Waals surface area (Å²) in [6, 6.07) is 16.9. The number of carboxylic acid groups (broad SMARTS) is 1. The van der Waals surface area contributed by atoms with Gasteiger partial charge in [-0.25, -0.2) is 8.42 Å². The van der Waals surface area contributed by atoms with Gasteiger partial charge in [0.15, 0.2) is 9.84 Å². The number of hydrogen-bond donors (Lipinski definition) is 1. The lowest BCUT2D eigenvalue weighted by atomic mass is 10.0. The first-order valence-electron chi connectivity index (χ1n) is 7.52. The van der Waals surface area contributed by atoms with Gasteiger partial charge in [0.2, 0.25) is 0 Å². The largest absolute Gasteiger partial charge is 0.481 e. The number of benzene rings is 2. The molecule has 1 saturated carbocycles. The van der Waals surface area contributed by atoms with Crippen molar-refractivity contribution in [2.45, 2.75) is 16.1 Å². The van der Waals surface area contributed by atoms with Gasteiger partial charge in [0.25, 0.3) is 0 Å². The molecule has 0 radical (unpaired) electrons. The Labute approximate surface area is 140 Å². The Kier molecular flexibility index (Phi) is 4.19. The highest BCUT2D eigenvalue weighted by Gasteiger charge is 2.76. The maximum absolute atomic E-state index is 13.1. The Morgan fingerprint density at radius 2 is 1.62 bits per heavy atom. The van der Waals surface area contributed by atoms with Gasteiger partial charge in [0.1, 0.15) is 5.41 Å². The minimum Gasteiger partial charge on any atom is -0.481 e. The third-order valence-corrected chi connectivity index (χ3v) is 6.89. The zero-order valence-corrected chi connectivity index (χ0v) is 13.9. The highest BCUT2D eigenvalue weighted by Crippen LogP contribution is 2.64. The fraction of sp³-hybridized carbons (Fsp3) is 0.278. The fourth-order valence-electron chi connectivity index (χ4n) is 3.48. The van der Waals surface area contributed by atoms with E-state index in [4.69, 9.17) is 4.74 Å². The highest BCUT2D eigenvalue weighted by atomic mass is 32.2. The zero-order chi connectivity index (χ0) is 17.4. The van der Waals surface area contributed by atoms with Crippen molar-refractivity contribution in [1.29, 1.82) is 0 Å². The van der Waals surface area contributed by atoms with Crippen molar-refractivity contribution in [3.05, 3.63) is 66.2 Å². The predicted octanol–water partition coefficient (Wildman–Crippen LogP) is 2.34. The van der Waals surface area contributed by atoms with Gasteiger partial charge < -0.3 is 9.84 Å². The smallest absolute Gasteiger partial charge is 0.314 e. The summed E-state index contributed by atoms with van der Waals surface area (Å²) < 4.78 is 31.2. The van der Waals surface area contributed by atoms with E-state index in [-0.39, 0.29) is 11.5 Å². The number of aliphatic carboxylic acids is 1. The van der Waals surface area contributed by atoms with Gasteiger partial charge in [-0.2, -0.15) is 0 Å². The first kappa shape index (κ1) is 16.7. The van der Waals surface area contributed by atoms with Gasteiger partial charge in [-0.1, -0.05) is 48.5 Å². The number of ether oxygens (including phenoxy) is 1. The summed E-state index contributed by atoms with van der Waals surface area (Å²) in [5.74, 6) is -1.79. The minimum absolute atomic E-state index is 0.134. The van der Waals surface area contributed by atoms with Gasteiger partial charge in [-0.15, -0.1) is 0 Å². The third kappa shape index (κ3) is 2.42. The summed E-state index contributed by atoms with van der Waals surface area (Å²) in [5.41, 5.74) is -0.772. The molecule has 0 unspecified atom stereocenters. The highest BCUT2D eigenvalue weighted by molar-refractivity contribution is 7.92. The molecule has 0 aromatic heterocycles. The first-order chi connectivity index (χ1) is 11.5. The molecule has 0 aliphatic heterocycles. The molecule has 6 heteroatoms. The molecule has 0 bridgehead atoms.